The van der Waals surface area contributed by atoms with Crippen LogP contribution >= 0.6 is 0 Å². The second-order valence-corrected chi connectivity index (χ2v) is 5.21. The van der Waals surface area contributed by atoms with E-state index in [1.54, 1.807) is 7.11 Å². The highest BCUT2D eigenvalue weighted by atomic mass is 16.5. The maximum absolute atomic E-state index is 10.1. The molecular weight excluding hydrogens is 202 g/mol. The van der Waals surface area contributed by atoms with Gasteiger partial charge in [0.1, 0.15) is 0 Å². The van der Waals surface area contributed by atoms with Crippen molar-refractivity contribution in [2.24, 2.45) is 5.92 Å². The Morgan fingerprint density at radius 3 is 2.69 bits per heavy atom. The third-order valence-electron chi connectivity index (χ3n) is 3.80. The largest absolute Gasteiger partial charge is 0.393 e. The predicted molar refractivity (Wildman–Crippen MR) is 66.5 cm³/mol. The van der Waals surface area contributed by atoms with Crippen LogP contribution in [0, 0.1) is 5.92 Å². The van der Waals surface area contributed by atoms with Crippen LogP contribution in [0.5, 0.6) is 0 Å². The molecule has 0 radical (unpaired) electrons. The van der Waals surface area contributed by atoms with Gasteiger partial charge in [0.05, 0.1) is 12.7 Å². The van der Waals surface area contributed by atoms with Crippen molar-refractivity contribution in [2.45, 2.75) is 51.2 Å². The monoisotopic (exact) mass is 229 g/mol. The van der Waals surface area contributed by atoms with E-state index in [0.29, 0.717) is 12.0 Å². The van der Waals surface area contributed by atoms with Crippen LogP contribution in [0.2, 0.25) is 0 Å². The Morgan fingerprint density at radius 2 is 2.00 bits per heavy atom. The molecule has 1 N–H and O–H groups in total. The van der Waals surface area contributed by atoms with E-state index in [2.05, 4.69) is 18.9 Å². The maximum Gasteiger partial charge on any atom is 0.0615 e. The van der Waals surface area contributed by atoms with Crippen molar-refractivity contribution in [1.82, 2.24) is 4.90 Å². The molecule has 1 saturated carbocycles. The molecule has 3 unspecified atom stereocenters. The summed E-state index contributed by atoms with van der Waals surface area (Å²) in [6.45, 7) is 3.93. The third kappa shape index (κ3) is 4.40. The first-order chi connectivity index (χ1) is 7.65. The van der Waals surface area contributed by atoms with E-state index in [0.717, 1.165) is 19.6 Å². The van der Waals surface area contributed by atoms with E-state index >= 15 is 0 Å². The third-order valence-corrected chi connectivity index (χ3v) is 3.80. The summed E-state index contributed by atoms with van der Waals surface area (Å²) in [6.07, 6.45) is 5.80. The molecule has 3 heteroatoms. The lowest BCUT2D eigenvalue weighted by Gasteiger charge is -2.30. The summed E-state index contributed by atoms with van der Waals surface area (Å²) < 4.78 is 5.16. The van der Waals surface area contributed by atoms with E-state index < -0.39 is 0 Å². The molecule has 3 atom stereocenters. The molecule has 0 aromatic heterocycles. The van der Waals surface area contributed by atoms with Gasteiger partial charge in [-0.25, -0.2) is 0 Å². The molecule has 0 spiro atoms. The Labute approximate surface area is 99.8 Å². The summed E-state index contributed by atoms with van der Waals surface area (Å²) in [4.78, 5) is 2.31. The molecule has 1 aliphatic rings. The highest BCUT2D eigenvalue weighted by molar-refractivity contribution is 4.77. The molecule has 1 rings (SSSR count). The van der Waals surface area contributed by atoms with Gasteiger partial charge in [-0.05, 0) is 32.7 Å². The normalized spacial score (nSPS) is 29.1. The van der Waals surface area contributed by atoms with Crippen LogP contribution in [-0.2, 0) is 4.74 Å². The van der Waals surface area contributed by atoms with Gasteiger partial charge >= 0.3 is 0 Å². The summed E-state index contributed by atoms with van der Waals surface area (Å²) in [5.74, 6) is 0.451. The van der Waals surface area contributed by atoms with Crippen LogP contribution in [0.3, 0.4) is 0 Å². The van der Waals surface area contributed by atoms with Gasteiger partial charge in [-0.2, -0.15) is 0 Å². The lowest BCUT2D eigenvalue weighted by molar-refractivity contribution is 0.0539. The van der Waals surface area contributed by atoms with E-state index in [1.165, 1.54) is 25.7 Å². The molecule has 0 aromatic rings. The minimum Gasteiger partial charge on any atom is -0.393 e. The van der Waals surface area contributed by atoms with Crippen molar-refractivity contribution in [3.05, 3.63) is 0 Å². The first-order valence-electron chi connectivity index (χ1n) is 6.52. The Kier molecular flexibility index (Phi) is 6.32. The van der Waals surface area contributed by atoms with Crippen molar-refractivity contribution >= 4 is 0 Å². The van der Waals surface area contributed by atoms with Gasteiger partial charge in [0.2, 0.25) is 0 Å². The molecule has 16 heavy (non-hydrogen) atoms. The topological polar surface area (TPSA) is 32.7 Å². The molecule has 0 amide bonds. The molecule has 3 nitrogen and oxygen atoms in total. The summed E-state index contributed by atoms with van der Waals surface area (Å²) >= 11 is 0. The summed E-state index contributed by atoms with van der Waals surface area (Å²) in [5.41, 5.74) is 0. The number of nitrogens with zero attached hydrogens (tertiary/aromatic N) is 1. The Balaban J connectivity index is 2.38. The minimum absolute atomic E-state index is 0.0975. The van der Waals surface area contributed by atoms with Gasteiger partial charge in [0.25, 0.3) is 0 Å². The Bertz CT molecular complexity index is 187. The lowest BCUT2D eigenvalue weighted by atomic mass is 9.96. The fraction of sp³-hybridized carbons (Fsp3) is 1.00. The molecule has 1 fully saturated rings. The smallest absolute Gasteiger partial charge is 0.0615 e. The van der Waals surface area contributed by atoms with Gasteiger partial charge in [0.15, 0.2) is 0 Å². The number of aliphatic hydroxyl groups is 1. The van der Waals surface area contributed by atoms with Gasteiger partial charge in [0, 0.05) is 19.7 Å². The van der Waals surface area contributed by atoms with Gasteiger partial charge in [-0.1, -0.05) is 19.3 Å². The number of aliphatic hydroxyl groups excluding tert-OH is 1. The fourth-order valence-corrected chi connectivity index (χ4v) is 2.50. The number of hydrogen-bond donors (Lipinski definition) is 1. The molecule has 0 aliphatic heterocycles. The van der Waals surface area contributed by atoms with Crippen LogP contribution in [0.25, 0.3) is 0 Å². The Morgan fingerprint density at radius 1 is 1.31 bits per heavy atom. The van der Waals surface area contributed by atoms with Crippen molar-refractivity contribution < 1.29 is 9.84 Å². The van der Waals surface area contributed by atoms with E-state index in [-0.39, 0.29) is 6.10 Å². The molecule has 0 heterocycles. The molecule has 96 valence electrons. The van der Waals surface area contributed by atoms with Gasteiger partial charge < -0.3 is 14.7 Å². The molecule has 0 aromatic carbocycles. The standard InChI is InChI=1S/C13H27NO2/c1-11(10-16-3)14(2)9-12-7-5-4-6-8-13(12)15/h11-13,15H,4-10H2,1-3H3. The fourth-order valence-electron chi connectivity index (χ4n) is 2.50. The lowest BCUT2D eigenvalue weighted by Crippen LogP contribution is -2.39. The molecule has 0 saturated heterocycles. The number of ether oxygens (including phenoxy) is 1. The molecular formula is C13H27NO2. The van der Waals surface area contributed by atoms with E-state index in [9.17, 15) is 5.11 Å². The highest BCUT2D eigenvalue weighted by Crippen LogP contribution is 2.24. The van der Waals surface area contributed by atoms with Gasteiger partial charge in [-0.15, -0.1) is 0 Å². The second kappa shape index (κ2) is 7.25. The summed E-state index contributed by atoms with van der Waals surface area (Å²) in [6, 6.07) is 0.431. The minimum atomic E-state index is -0.0975. The average Bonchev–Trinajstić information content (AvgIpc) is 2.45. The summed E-state index contributed by atoms with van der Waals surface area (Å²) in [7, 11) is 3.87. The second-order valence-electron chi connectivity index (χ2n) is 5.21. The number of rotatable bonds is 5. The maximum atomic E-state index is 10.1. The van der Waals surface area contributed by atoms with E-state index in [1.807, 2.05) is 0 Å². The zero-order valence-corrected chi connectivity index (χ0v) is 11.0. The zero-order valence-electron chi connectivity index (χ0n) is 11.0. The van der Waals surface area contributed by atoms with Crippen LogP contribution in [-0.4, -0.2) is 49.5 Å². The molecule has 1 aliphatic carbocycles. The van der Waals surface area contributed by atoms with Crippen LogP contribution in [0.4, 0.5) is 0 Å². The number of methoxy groups -OCH3 is 1. The van der Waals surface area contributed by atoms with Crippen LogP contribution in [0.15, 0.2) is 0 Å². The predicted octanol–water partition coefficient (Wildman–Crippen LogP) is 1.89. The summed E-state index contributed by atoms with van der Waals surface area (Å²) in [5, 5.41) is 10.1. The zero-order chi connectivity index (χ0) is 12.0. The van der Waals surface area contributed by atoms with Crippen molar-refractivity contribution in [3.8, 4) is 0 Å². The van der Waals surface area contributed by atoms with E-state index in [4.69, 9.17) is 4.74 Å². The molecule has 0 bridgehead atoms. The van der Waals surface area contributed by atoms with Crippen LogP contribution < -0.4 is 0 Å². The first kappa shape index (κ1) is 13.9. The van der Waals surface area contributed by atoms with Crippen LogP contribution in [0.1, 0.15) is 39.0 Å². The first-order valence-corrected chi connectivity index (χ1v) is 6.52. The van der Waals surface area contributed by atoms with Gasteiger partial charge in [-0.3, -0.25) is 0 Å². The average molecular weight is 229 g/mol. The van der Waals surface area contributed by atoms with Crippen molar-refractivity contribution in [1.29, 1.82) is 0 Å². The van der Waals surface area contributed by atoms with Crippen molar-refractivity contribution in [3.63, 3.8) is 0 Å². The Hall–Kier alpha value is -0.120. The SMILES string of the molecule is COCC(C)N(C)CC1CCCCCC1O. The quantitative estimate of drug-likeness (QED) is 0.731. The number of hydrogen-bond acceptors (Lipinski definition) is 3. The van der Waals surface area contributed by atoms with Crippen molar-refractivity contribution in [2.75, 3.05) is 27.3 Å². The number of likely N-dealkylation sites (N-methyl/N-ethyl adjacent to an activating group) is 1. The highest BCUT2D eigenvalue weighted by Gasteiger charge is 2.24.